The van der Waals surface area contributed by atoms with Gasteiger partial charge in [0.05, 0.1) is 12.5 Å². The van der Waals surface area contributed by atoms with E-state index in [1.54, 1.807) is 0 Å². The SMILES string of the molecule is Cc1cccc(-c2noc(CN3CCCC(C(=O)Nc4ccc(Br)cc4)C3)n2)c1. The van der Waals surface area contributed by atoms with Crippen LogP contribution in [0, 0.1) is 12.8 Å². The first-order chi connectivity index (χ1) is 14.1. The van der Waals surface area contributed by atoms with Crippen molar-refractivity contribution in [1.82, 2.24) is 15.0 Å². The fourth-order valence-corrected chi connectivity index (χ4v) is 3.87. The van der Waals surface area contributed by atoms with E-state index in [1.807, 2.05) is 55.5 Å². The zero-order chi connectivity index (χ0) is 20.2. The number of amides is 1. The molecule has 1 aliphatic rings. The number of rotatable bonds is 5. The van der Waals surface area contributed by atoms with Crippen LogP contribution < -0.4 is 5.32 Å². The van der Waals surface area contributed by atoms with Gasteiger partial charge in [-0.15, -0.1) is 0 Å². The van der Waals surface area contributed by atoms with Crippen LogP contribution >= 0.6 is 15.9 Å². The van der Waals surface area contributed by atoms with Crippen LogP contribution in [0.5, 0.6) is 0 Å². The summed E-state index contributed by atoms with van der Waals surface area (Å²) in [6, 6.07) is 15.7. The van der Waals surface area contributed by atoms with E-state index in [2.05, 4.69) is 36.3 Å². The Morgan fingerprint density at radius 3 is 2.90 bits per heavy atom. The van der Waals surface area contributed by atoms with E-state index in [9.17, 15) is 4.79 Å². The minimum Gasteiger partial charge on any atom is -0.338 e. The zero-order valence-corrected chi connectivity index (χ0v) is 17.9. The number of nitrogens with one attached hydrogen (secondary N) is 1. The molecular formula is C22H23BrN4O2. The van der Waals surface area contributed by atoms with E-state index in [1.165, 1.54) is 0 Å². The van der Waals surface area contributed by atoms with E-state index in [0.29, 0.717) is 24.8 Å². The molecule has 0 aliphatic carbocycles. The van der Waals surface area contributed by atoms with Crippen molar-refractivity contribution in [2.75, 3.05) is 18.4 Å². The first-order valence-corrected chi connectivity index (χ1v) is 10.5. The van der Waals surface area contributed by atoms with Crippen molar-refractivity contribution in [2.24, 2.45) is 5.92 Å². The molecule has 4 rings (SSSR count). The number of carbonyl (C=O) groups excluding carboxylic acids is 1. The summed E-state index contributed by atoms with van der Waals surface area (Å²) in [5.41, 5.74) is 2.92. The van der Waals surface area contributed by atoms with Crippen molar-refractivity contribution in [1.29, 1.82) is 0 Å². The second-order valence-corrected chi connectivity index (χ2v) is 8.37. The van der Waals surface area contributed by atoms with Crippen molar-refractivity contribution in [3.63, 3.8) is 0 Å². The number of nitrogens with zero attached hydrogens (tertiary/aromatic N) is 3. The second kappa shape index (κ2) is 8.88. The predicted molar refractivity (Wildman–Crippen MR) is 115 cm³/mol. The Bertz CT molecular complexity index is 986. The smallest absolute Gasteiger partial charge is 0.241 e. The molecule has 29 heavy (non-hydrogen) atoms. The number of hydrogen-bond acceptors (Lipinski definition) is 5. The third kappa shape index (κ3) is 5.10. The third-order valence-electron chi connectivity index (χ3n) is 5.09. The lowest BCUT2D eigenvalue weighted by molar-refractivity contribution is -0.121. The Morgan fingerprint density at radius 2 is 2.10 bits per heavy atom. The predicted octanol–water partition coefficient (Wildman–Crippen LogP) is 4.66. The van der Waals surface area contributed by atoms with Crippen molar-refractivity contribution in [3.8, 4) is 11.4 Å². The van der Waals surface area contributed by atoms with Crippen LogP contribution in [-0.4, -0.2) is 34.0 Å². The van der Waals surface area contributed by atoms with Crippen LogP contribution in [0.4, 0.5) is 5.69 Å². The van der Waals surface area contributed by atoms with Gasteiger partial charge < -0.3 is 9.84 Å². The molecule has 1 amide bonds. The van der Waals surface area contributed by atoms with Crippen LogP contribution in [-0.2, 0) is 11.3 Å². The molecule has 2 aromatic carbocycles. The Hall–Kier alpha value is -2.51. The van der Waals surface area contributed by atoms with Gasteiger partial charge in [-0.2, -0.15) is 4.98 Å². The van der Waals surface area contributed by atoms with E-state index >= 15 is 0 Å². The summed E-state index contributed by atoms with van der Waals surface area (Å²) in [6.07, 6.45) is 1.86. The van der Waals surface area contributed by atoms with Crippen LogP contribution in [0.2, 0.25) is 0 Å². The number of likely N-dealkylation sites (tertiary alicyclic amines) is 1. The molecule has 1 saturated heterocycles. The molecule has 1 N–H and O–H groups in total. The van der Waals surface area contributed by atoms with E-state index < -0.39 is 0 Å². The van der Waals surface area contributed by atoms with Crippen molar-refractivity contribution < 1.29 is 9.32 Å². The van der Waals surface area contributed by atoms with Gasteiger partial charge in [-0.05, 0) is 56.6 Å². The van der Waals surface area contributed by atoms with Gasteiger partial charge in [0.25, 0.3) is 0 Å². The van der Waals surface area contributed by atoms with E-state index in [0.717, 1.165) is 40.7 Å². The molecule has 7 heteroatoms. The number of halogens is 1. The summed E-state index contributed by atoms with van der Waals surface area (Å²) in [7, 11) is 0. The number of aromatic nitrogens is 2. The van der Waals surface area contributed by atoms with Gasteiger partial charge in [-0.3, -0.25) is 9.69 Å². The first kappa shape index (κ1) is 19.8. The molecule has 0 radical (unpaired) electrons. The van der Waals surface area contributed by atoms with E-state index in [4.69, 9.17) is 4.52 Å². The van der Waals surface area contributed by atoms with Gasteiger partial charge in [0.15, 0.2) is 0 Å². The van der Waals surface area contributed by atoms with Crippen molar-refractivity contribution in [2.45, 2.75) is 26.3 Å². The number of aryl methyl sites for hydroxylation is 1. The first-order valence-electron chi connectivity index (χ1n) is 9.75. The topological polar surface area (TPSA) is 71.3 Å². The Kier molecular flexibility index (Phi) is 6.06. The number of carbonyl (C=O) groups is 1. The Morgan fingerprint density at radius 1 is 1.28 bits per heavy atom. The lowest BCUT2D eigenvalue weighted by atomic mass is 9.97. The molecule has 1 fully saturated rings. The standard InChI is InChI=1S/C22H23BrN4O2/c1-15-4-2-5-16(12-15)21-25-20(29-26-21)14-27-11-3-6-17(13-27)22(28)24-19-9-7-18(23)8-10-19/h2,4-5,7-10,12,17H,3,6,11,13-14H2,1H3,(H,24,28). The van der Waals surface area contributed by atoms with Crippen LogP contribution in [0.1, 0.15) is 24.3 Å². The molecule has 0 spiro atoms. The number of hydrogen-bond donors (Lipinski definition) is 1. The fourth-order valence-electron chi connectivity index (χ4n) is 3.60. The number of anilines is 1. The molecule has 1 unspecified atom stereocenters. The zero-order valence-electron chi connectivity index (χ0n) is 16.3. The molecule has 1 aliphatic heterocycles. The van der Waals surface area contributed by atoms with Gasteiger partial charge >= 0.3 is 0 Å². The summed E-state index contributed by atoms with van der Waals surface area (Å²) < 4.78 is 6.45. The highest BCUT2D eigenvalue weighted by Crippen LogP contribution is 2.22. The highest BCUT2D eigenvalue weighted by atomic mass is 79.9. The Labute approximate surface area is 178 Å². The van der Waals surface area contributed by atoms with Crippen molar-refractivity contribution >= 4 is 27.5 Å². The fraction of sp³-hybridized carbons (Fsp3) is 0.318. The molecule has 0 saturated carbocycles. The molecule has 1 atom stereocenters. The van der Waals surface area contributed by atoms with Gasteiger partial charge in [0.2, 0.25) is 17.6 Å². The van der Waals surface area contributed by atoms with Crippen LogP contribution in [0.15, 0.2) is 57.5 Å². The molecule has 2 heterocycles. The van der Waals surface area contributed by atoms with Crippen molar-refractivity contribution in [3.05, 3.63) is 64.5 Å². The highest BCUT2D eigenvalue weighted by Gasteiger charge is 2.27. The van der Waals surface area contributed by atoms with Crippen LogP contribution in [0.25, 0.3) is 11.4 Å². The minimum absolute atomic E-state index is 0.0495. The largest absolute Gasteiger partial charge is 0.338 e. The van der Waals surface area contributed by atoms with Gasteiger partial charge in [-0.1, -0.05) is 44.8 Å². The average Bonchev–Trinajstić information content (AvgIpc) is 3.18. The lowest BCUT2D eigenvalue weighted by Crippen LogP contribution is -2.40. The highest BCUT2D eigenvalue weighted by molar-refractivity contribution is 9.10. The lowest BCUT2D eigenvalue weighted by Gasteiger charge is -2.30. The molecule has 3 aromatic rings. The second-order valence-electron chi connectivity index (χ2n) is 7.45. The third-order valence-corrected chi connectivity index (χ3v) is 5.62. The summed E-state index contributed by atoms with van der Waals surface area (Å²) in [4.78, 5) is 19.4. The summed E-state index contributed by atoms with van der Waals surface area (Å²) >= 11 is 3.41. The summed E-state index contributed by atoms with van der Waals surface area (Å²) in [5, 5.41) is 7.13. The maximum atomic E-state index is 12.7. The quantitative estimate of drug-likeness (QED) is 0.606. The molecule has 0 bridgehead atoms. The van der Waals surface area contributed by atoms with Gasteiger partial charge in [0, 0.05) is 22.3 Å². The van der Waals surface area contributed by atoms with E-state index in [-0.39, 0.29) is 11.8 Å². The molecular weight excluding hydrogens is 432 g/mol. The summed E-state index contributed by atoms with van der Waals surface area (Å²) in [5.74, 6) is 1.19. The number of piperidine rings is 1. The van der Waals surface area contributed by atoms with Crippen LogP contribution in [0.3, 0.4) is 0 Å². The normalized spacial score (nSPS) is 17.2. The average molecular weight is 455 g/mol. The Balaban J connectivity index is 1.36. The minimum atomic E-state index is -0.0495. The molecule has 150 valence electrons. The maximum Gasteiger partial charge on any atom is 0.241 e. The number of benzene rings is 2. The molecule has 1 aromatic heterocycles. The van der Waals surface area contributed by atoms with Gasteiger partial charge in [0.1, 0.15) is 0 Å². The maximum absolute atomic E-state index is 12.7. The van der Waals surface area contributed by atoms with Gasteiger partial charge in [-0.25, -0.2) is 0 Å². The molecule has 6 nitrogen and oxygen atoms in total. The monoisotopic (exact) mass is 454 g/mol. The summed E-state index contributed by atoms with van der Waals surface area (Å²) in [6.45, 7) is 4.20.